The molecule has 4 aromatic rings. The van der Waals surface area contributed by atoms with Gasteiger partial charge >= 0.3 is 5.97 Å². The van der Waals surface area contributed by atoms with Crippen molar-refractivity contribution in [3.63, 3.8) is 0 Å². The molecule has 31 heavy (non-hydrogen) atoms. The first-order chi connectivity index (χ1) is 14.9. The number of hydrogen-bond donors (Lipinski definition) is 3. The maximum atomic E-state index is 11.7. The molecular weight excluding hydrogens is 420 g/mol. The Kier molecular flexibility index (Phi) is 5.50. The summed E-state index contributed by atoms with van der Waals surface area (Å²) in [5.41, 5.74) is 4.29. The summed E-state index contributed by atoms with van der Waals surface area (Å²) in [6.07, 6.45) is 1.67. The number of aromatic nitrogens is 5. The third kappa shape index (κ3) is 4.31. The van der Waals surface area contributed by atoms with Gasteiger partial charge in [0.2, 0.25) is 5.16 Å². The molecule has 0 amide bonds. The highest BCUT2D eigenvalue weighted by Crippen LogP contribution is 2.35. The van der Waals surface area contributed by atoms with Crippen LogP contribution < -0.4 is 0 Å². The van der Waals surface area contributed by atoms with Crippen LogP contribution in [0.2, 0.25) is 0 Å². The Balaban J connectivity index is 1.74. The van der Waals surface area contributed by atoms with Crippen LogP contribution in [0, 0.1) is 17.0 Å². The third-order valence-corrected chi connectivity index (χ3v) is 5.48. The van der Waals surface area contributed by atoms with Crippen molar-refractivity contribution in [2.75, 3.05) is 5.75 Å². The van der Waals surface area contributed by atoms with Gasteiger partial charge in [0.05, 0.1) is 16.4 Å². The van der Waals surface area contributed by atoms with Crippen molar-refractivity contribution in [3.05, 3.63) is 64.3 Å². The van der Waals surface area contributed by atoms with Gasteiger partial charge < -0.3 is 5.11 Å². The van der Waals surface area contributed by atoms with Crippen molar-refractivity contribution in [1.29, 1.82) is 0 Å². The summed E-state index contributed by atoms with van der Waals surface area (Å²) in [6.45, 7) is 1.70. The van der Waals surface area contributed by atoms with Gasteiger partial charge in [-0.3, -0.25) is 25.1 Å². The lowest BCUT2D eigenvalue weighted by atomic mass is 9.95. The van der Waals surface area contributed by atoms with E-state index >= 15 is 0 Å². The van der Waals surface area contributed by atoms with E-state index < -0.39 is 10.9 Å². The third-order valence-electron chi connectivity index (χ3n) is 4.65. The van der Waals surface area contributed by atoms with Crippen molar-refractivity contribution < 1.29 is 14.8 Å². The van der Waals surface area contributed by atoms with Crippen LogP contribution >= 0.6 is 11.8 Å². The van der Waals surface area contributed by atoms with Crippen LogP contribution in [0.4, 0.5) is 5.69 Å². The second-order valence-corrected chi connectivity index (χ2v) is 7.56. The number of aliphatic carboxylic acids is 1. The molecule has 0 aliphatic rings. The number of nitrogens with zero attached hydrogens (tertiary/aromatic N) is 4. The normalized spacial score (nSPS) is 10.9. The van der Waals surface area contributed by atoms with E-state index in [9.17, 15) is 14.9 Å². The first-order valence-electron chi connectivity index (χ1n) is 9.09. The standard InChI is InChI=1S/C20H16N6O4S/c1-11-15(12-2-4-13(5-3-12)16-6-7-21-23-16)8-14(9-17(11)26(29)30)19-22-20(25-24-19)31-10-18(27)28/h2-9H,10H2,1H3,(H,21,23)(H,27,28)(H,22,24,25). The largest absolute Gasteiger partial charge is 0.481 e. The Hall–Kier alpha value is -3.99. The van der Waals surface area contributed by atoms with Crippen molar-refractivity contribution in [1.82, 2.24) is 25.4 Å². The van der Waals surface area contributed by atoms with E-state index in [2.05, 4.69) is 25.4 Å². The number of hydrogen-bond acceptors (Lipinski definition) is 7. The van der Waals surface area contributed by atoms with Gasteiger partial charge in [-0.15, -0.1) is 5.10 Å². The molecule has 3 N–H and O–H groups in total. The Morgan fingerprint density at radius 2 is 1.87 bits per heavy atom. The highest BCUT2D eigenvalue weighted by Gasteiger charge is 2.20. The zero-order chi connectivity index (χ0) is 22.0. The molecule has 0 spiro atoms. The van der Waals surface area contributed by atoms with Crippen molar-refractivity contribution in [2.45, 2.75) is 12.1 Å². The smallest absolute Gasteiger partial charge is 0.313 e. The number of benzene rings is 2. The van der Waals surface area contributed by atoms with Gasteiger partial charge in [0.15, 0.2) is 5.82 Å². The second kappa shape index (κ2) is 8.40. The number of nitro groups is 1. The number of nitrogens with one attached hydrogen (secondary N) is 2. The first kappa shape index (κ1) is 20.3. The van der Waals surface area contributed by atoms with Crippen LogP contribution in [0.3, 0.4) is 0 Å². The minimum Gasteiger partial charge on any atom is -0.481 e. The molecule has 4 rings (SSSR count). The molecule has 0 bridgehead atoms. The van der Waals surface area contributed by atoms with Crippen LogP contribution in [0.25, 0.3) is 33.8 Å². The molecule has 2 aromatic carbocycles. The quantitative estimate of drug-likeness (QED) is 0.224. The molecule has 0 aliphatic carbocycles. The molecule has 0 unspecified atom stereocenters. The number of thioether (sulfide) groups is 1. The molecule has 0 radical (unpaired) electrons. The maximum absolute atomic E-state index is 11.7. The number of carbonyl (C=O) groups is 1. The van der Waals surface area contributed by atoms with Crippen LogP contribution in [0.15, 0.2) is 53.8 Å². The molecule has 0 aliphatic heterocycles. The minimum atomic E-state index is -0.983. The summed E-state index contributed by atoms with van der Waals surface area (Å²) >= 11 is 0.964. The van der Waals surface area contributed by atoms with E-state index in [0.29, 0.717) is 22.5 Å². The molecule has 10 nitrogen and oxygen atoms in total. The Labute approximate surface area is 179 Å². The summed E-state index contributed by atoms with van der Waals surface area (Å²) in [5, 5.41) is 34.3. The van der Waals surface area contributed by atoms with Crippen molar-refractivity contribution in [3.8, 4) is 33.8 Å². The zero-order valence-electron chi connectivity index (χ0n) is 16.2. The molecule has 11 heteroatoms. The van der Waals surface area contributed by atoms with Crippen LogP contribution in [0.5, 0.6) is 0 Å². The lowest BCUT2D eigenvalue weighted by Crippen LogP contribution is -1.98. The van der Waals surface area contributed by atoms with E-state index in [1.165, 1.54) is 6.07 Å². The summed E-state index contributed by atoms with van der Waals surface area (Å²) < 4.78 is 0. The fraction of sp³-hybridized carbons (Fsp3) is 0.100. The lowest BCUT2D eigenvalue weighted by Gasteiger charge is -2.10. The fourth-order valence-corrected chi connectivity index (χ4v) is 3.66. The van der Waals surface area contributed by atoms with Gasteiger partial charge in [0.1, 0.15) is 0 Å². The van der Waals surface area contributed by atoms with Gasteiger partial charge in [-0.25, -0.2) is 4.98 Å². The van der Waals surface area contributed by atoms with Gasteiger partial charge in [0, 0.05) is 23.4 Å². The van der Waals surface area contributed by atoms with Crippen molar-refractivity contribution >= 4 is 23.4 Å². The Bertz CT molecular complexity index is 1250. The Morgan fingerprint density at radius 3 is 2.52 bits per heavy atom. The molecule has 0 atom stereocenters. The monoisotopic (exact) mass is 436 g/mol. The lowest BCUT2D eigenvalue weighted by molar-refractivity contribution is -0.385. The van der Waals surface area contributed by atoms with Gasteiger partial charge in [-0.2, -0.15) is 5.10 Å². The van der Waals surface area contributed by atoms with Gasteiger partial charge in [0.25, 0.3) is 5.69 Å². The molecule has 0 saturated carbocycles. The van der Waals surface area contributed by atoms with E-state index in [1.54, 1.807) is 19.2 Å². The molecule has 2 heterocycles. The predicted molar refractivity (Wildman–Crippen MR) is 115 cm³/mol. The van der Waals surface area contributed by atoms with E-state index in [-0.39, 0.29) is 16.6 Å². The number of H-pyrrole nitrogens is 2. The number of rotatable bonds is 7. The topological polar surface area (TPSA) is 151 Å². The second-order valence-electron chi connectivity index (χ2n) is 6.62. The summed E-state index contributed by atoms with van der Waals surface area (Å²) in [7, 11) is 0. The summed E-state index contributed by atoms with van der Waals surface area (Å²) in [4.78, 5) is 26.2. The average Bonchev–Trinajstić information content (AvgIpc) is 3.45. The number of carboxylic acid groups (broad SMARTS) is 1. The molecule has 2 aromatic heterocycles. The Morgan fingerprint density at radius 1 is 1.13 bits per heavy atom. The van der Waals surface area contributed by atoms with Crippen LogP contribution in [0.1, 0.15) is 5.56 Å². The number of carboxylic acids is 1. The van der Waals surface area contributed by atoms with Gasteiger partial charge in [-0.05, 0) is 35.7 Å². The van der Waals surface area contributed by atoms with Crippen LogP contribution in [-0.2, 0) is 4.79 Å². The molecular formula is C20H16N6O4S. The van der Waals surface area contributed by atoms with E-state index in [4.69, 9.17) is 5.11 Å². The molecule has 0 saturated heterocycles. The first-order valence-corrected chi connectivity index (χ1v) is 10.1. The SMILES string of the molecule is Cc1c(-c2ccc(-c3ccn[nH]3)cc2)cc(-c2nc(SCC(=O)O)n[nH]2)cc1[N+](=O)[O-]. The highest BCUT2D eigenvalue weighted by molar-refractivity contribution is 7.99. The minimum absolute atomic E-state index is 0.0405. The fourth-order valence-electron chi connectivity index (χ4n) is 3.14. The predicted octanol–water partition coefficient (Wildman–Crippen LogP) is 3.92. The number of aromatic amines is 2. The van der Waals surface area contributed by atoms with Gasteiger partial charge in [-0.1, -0.05) is 36.0 Å². The zero-order valence-corrected chi connectivity index (χ0v) is 17.0. The number of nitro benzene ring substituents is 1. The van der Waals surface area contributed by atoms with E-state index in [0.717, 1.165) is 28.6 Å². The molecule has 0 fully saturated rings. The molecule has 156 valence electrons. The van der Waals surface area contributed by atoms with E-state index in [1.807, 2.05) is 30.3 Å². The highest BCUT2D eigenvalue weighted by atomic mass is 32.2. The average molecular weight is 436 g/mol. The van der Waals surface area contributed by atoms with Crippen molar-refractivity contribution in [2.24, 2.45) is 0 Å². The summed E-state index contributed by atoms with van der Waals surface area (Å²) in [5.74, 6) is -0.839. The maximum Gasteiger partial charge on any atom is 0.313 e. The van der Waals surface area contributed by atoms with Crippen LogP contribution in [-0.4, -0.2) is 47.1 Å². The summed E-state index contributed by atoms with van der Waals surface area (Å²) in [6, 6.07) is 12.7.